The summed E-state index contributed by atoms with van der Waals surface area (Å²) in [4.78, 5) is 175. The Morgan fingerprint density at radius 3 is 0.721 bits per heavy atom. The molecular formula is C78H78N6O20. The molecule has 2 aromatic heterocycles. The van der Waals surface area contributed by atoms with Gasteiger partial charge in [0.1, 0.15) is 69.9 Å². The predicted octanol–water partition coefficient (Wildman–Crippen LogP) is 7.04. The number of ether oxygens (including phenoxy) is 8. The summed E-state index contributed by atoms with van der Waals surface area (Å²) in [5.41, 5.74) is -2.63. The quantitative estimate of drug-likeness (QED) is 0.0780. The van der Waals surface area contributed by atoms with Crippen molar-refractivity contribution in [3.05, 3.63) is 178 Å². The zero-order valence-corrected chi connectivity index (χ0v) is 57.7. The Hall–Kier alpha value is -11.2. The highest BCUT2D eigenvalue weighted by molar-refractivity contribution is 6.00. The second-order valence-corrected chi connectivity index (χ2v) is 29.0. The van der Waals surface area contributed by atoms with E-state index in [0.717, 1.165) is 12.8 Å². The third-order valence-electron chi connectivity index (χ3n) is 21.7. The van der Waals surface area contributed by atoms with Gasteiger partial charge in [-0.1, -0.05) is 60.7 Å². The fraction of sp³-hybridized carbons (Fsp3) is 0.410. The van der Waals surface area contributed by atoms with Crippen LogP contribution >= 0.6 is 0 Å². The number of carbonyl (C=O) groups excluding carboxylic acids is 12. The number of nitrogens with zero attached hydrogens (tertiary/aromatic N) is 2. The zero-order chi connectivity index (χ0) is 73.2. The molecule has 4 atom stereocenters. The van der Waals surface area contributed by atoms with E-state index in [4.69, 9.17) is 37.9 Å². The van der Waals surface area contributed by atoms with E-state index in [1.165, 1.54) is 64.8 Å². The molecule has 20 bridgehead atoms. The number of esters is 8. The van der Waals surface area contributed by atoms with Gasteiger partial charge in [-0.2, -0.15) is 0 Å². The molecule has 4 unspecified atom stereocenters. The summed E-state index contributed by atoms with van der Waals surface area (Å²) in [6, 6.07) is 28.9. The number of pyridine rings is 2. The van der Waals surface area contributed by atoms with Gasteiger partial charge in [-0.3, -0.25) is 38.4 Å². The smallest absolute Gasteiger partial charge is 0.328 e. The highest BCUT2D eigenvalue weighted by Gasteiger charge is 2.66. The van der Waals surface area contributed by atoms with E-state index in [9.17, 15) is 57.5 Å². The minimum Gasteiger partial charge on any atom is -0.467 e. The summed E-state index contributed by atoms with van der Waals surface area (Å²) < 4.78 is 44.6. The van der Waals surface area contributed by atoms with Crippen LogP contribution in [0.25, 0.3) is 0 Å². The molecule has 15 aliphatic rings. The van der Waals surface area contributed by atoms with Gasteiger partial charge in [0.25, 0.3) is 23.6 Å². The van der Waals surface area contributed by atoms with Crippen LogP contribution in [0.1, 0.15) is 141 Å². The maximum atomic E-state index is 14.5. The van der Waals surface area contributed by atoms with Crippen molar-refractivity contribution in [1.29, 1.82) is 0 Å². The van der Waals surface area contributed by atoms with Gasteiger partial charge >= 0.3 is 47.8 Å². The van der Waals surface area contributed by atoms with E-state index in [1.807, 2.05) is 0 Å². The van der Waals surface area contributed by atoms with Gasteiger partial charge in [0.05, 0.1) is 50.1 Å². The van der Waals surface area contributed by atoms with Crippen molar-refractivity contribution in [3.8, 4) is 23.0 Å². The lowest BCUT2D eigenvalue weighted by atomic mass is 9.44. The second kappa shape index (κ2) is 29.3. The molecule has 8 saturated carbocycles. The highest BCUT2D eigenvalue weighted by atomic mass is 16.6. The van der Waals surface area contributed by atoms with E-state index in [0.29, 0.717) is 73.6 Å². The fourth-order valence-corrected chi connectivity index (χ4v) is 17.7. The van der Waals surface area contributed by atoms with Gasteiger partial charge in [0.15, 0.2) is 0 Å². The fourth-order valence-electron chi connectivity index (χ4n) is 17.7. The van der Waals surface area contributed by atoms with E-state index in [-0.39, 0.29) is 108 Å². The number of hydrogen-bond donors (Lipinski definition) is 4. The lowest BCUT2D eigenvalue weighted by molar-refractivity contribution is -0.184. The maximum Gasteiger partial charge on any atom is 0.328 e. The molecule has 8 fully saturated rings. The summed E-state index contributed by atoms with van der Waals surface area (Å²) in [7, 11) is 4.66. The molecule has 7 aliphatic heterocycles. The molecule has 104 heavy (non-hydrogen) atoms. The van der Waals surface area contributed by atoms with Crippen LogP contribution in [0, 0.1) is 45.3 Å². The topological polar surface area (TPSA) is 353 Å². The van der Waals surface area contributed by atoms with Crippen molar-refractivity contribution in [3.63, 3.8) is 0 Å². The third-order valence-corrected chi connectivity index (χ3v) is 21.7. The Kier molecular flexibility index (Phi) is 20.1. The normalized spacial score (nSPS) is 28.7. The van der Waals surface area contributed by atoms with Crippen molar-refractivity contribution in [2.45, 2.75) is 127 Å². The van der Waals surface area contributed by atoms with Crippen LogP contribution in [0.15, 0.2) is 133 Å². The summed E-state index contributed by atoms with van der Waals surface area (Å²) in [6.07, 6.45) is 6.11. The molecule has 4 aromatic carbocycles. The Balaban J connectivity index is 0.737. The number of aromatic nitrogens is 2. The Bertz CT molecular complexity index is 3840. The number of hydrogen-bond acceptors (Lipinski definition) is 22. The first-order chi connectivity index (χ1) is 49.9. The summed E-state index contributed by atoms with van der Waals surface area (Å²) >= 11 is 0. The number of benzene rings is 4. The van der Waals surface area contributed by atoms with Crippen molar-refractivity contribution in [2.75, 3.05) is 28.4 Å². The Morgan fingerprint density at radius 2 is 0.529 bits per heavy atom. The van der Waals surface area contributed by atoms with E-state index in [1.54, 1.807) is 97.1 Å². The average Bonchev–Trinajstić information content (AvgIpc) is 0.717. The largest absolute Gasteiger partial charge is 0.467 e. The molecule has 26 nitrogen and oxygen atoms in total. The first kappa shape index (κ1) is 71.2. The minimum absolute atomic E-state index is 0.0595. The minimum atomic E-state index is -1.25. The number of nitrogens with one attached hydrogen (secondary N) is 4. The van der Waals surface area contributed by atoms with Gasteiger partial charge in [-0.25, -0.2) is 29.1 Å². The molecule has 4 spiro atoms. The van der Waals surface area contributed by atoms with Crippen LogP contribution in [-0.2, 0) is 83.0 Å². The molecule has 21 rings (SSSR count). The average molecular weight is 1420 g/mol. The maximum absolute atomic E-state index is 14.5. The van der Waals surface area contributed by atoms with Gasteiger partial charge in [-0.05, 0) is 196 Å². The molecule has 8 aliphatic carbocycles. The van der Waals surface area contributed by atoms with Crippen molar-refractivity contribution in [2.24, 2.45) is 45.3 Å². The summed E-state index contributed by atoms with van der Waals surface area (Å²) in [5.74, 6) is -7.21. The first-order valence-electron chi connectivity index (χ1n) is 34.7. The van der Waals surface area contributed by atoms with Crippen molar-refractivity contribution < 1.29 is 95.4 Å². The van der Waals surface area contributed by atoms with Crippen LogP contribution in [-0.4, -0.2) is 134 Å². The van der Waals surface area contributed by atoms with E-state index in [2.05, 4.69) is 31.2 Å². The van der Waals surface area contributed by atoms with E-state index >= 15 is 0 Å². The lowest BCUT2D eigenvalue weighted by Gasteiger charge is -2.59. The van der Waals surface area contributed by atoms with Crippen molar-refractivity contribution in [1.82, 2.24) is 31.2 Å². The highest BCUT2D eigenvalue weighted by Crippen LogP contribution is 2.67. The number of amides is 4. The standard InChI is InChI=1S/C78H78N6O20/c1-97-67(89)59-29-43-11-19-51(20-12-43)101-71(93)75-33-47-27-48(34-75)36-76(35-47,41-75)72(94)102-53-23-15-45(16-24-53)31-61(69(91)99-3)83-65(87)57-9-6-10-58(80-57)66(88)84-62(70(92)100-4)32-46-17-25-54(26-18-46)104-74(96)78-39-49-28-50(40-78)38-77(37-49,42-78)73(95)103-52-21-13-44(14-22-52)30-60(68(90)98-2)82-64(86)56-8-5-7-55(79-56)63(85)81-59/h5-26,47-50,59-62H,27-42H2,1-4H3,(H,81,85)(H,82,86)(H,83,87)(H,84,88). The molecule has 4 amide bonds. The van der Waals surface area contributed by atoms with Crippen LogP contribution in [0.4, 0.5) is 0 Å². The summed E-state index contributed by atoms with van der Waals surface area (Å²) in [6.45, 7) is 0. The number of carbonyl (C=O) groups is 12. The molecule has 26 heteroatoms. The lowest BCUT2D eigenvalue weighted by Crippen LogP contribution is -2.59. The summed E-state index contributed by atoms with van der Waals surface area (Å²) in [5, 5.41) is 10.6. The van der Waals surface area contributed by atoms with Gasteiger partial charge < -0.3 is 59.2 Å². The third kappa shape index (κ3) is 15.0. The number of methoxy groups -OCH3 is 4. The molecule has 6 aromatic rings. The van der Waals surface area contributed by atoms with Crippen LogP contribution < -0.4 is 40.2 Å². The molecule has 4 N–H and O–H groups in total. The molecule has 0 saturated heterocycles. The van der Waals surface area contributed by atoms with Crippen molar-refractivity contribution >= 4 is 71.4 Å². The van der Waals surface area contributed by atoms with Gasteiger partial charge in [-0.15, -0.1) is 0 Å². The Labute approximate surface area is 597 Å². The zero-order valence-electron chi connectivity index (χ0n) is 57.7. The van der Waals surface area contributed by atoms with Crippen LogP contribution in [0.2, 0.25) is 0 Å². The van der Waals surface area contributed by atoms with E-state index < -0.39 is 117 Å². The number of rotatable bonds is 4. The van der Waals surface area contributed by atoms with Gasteiger partial charge in [0, 0.05) is 25.7 Å². The molecule has 0 radical (unpaired) electrons. The van der Waals surface area contributed by atoms with Crippen LogP contribution in [0.3, 0.4) is 0 Å². The first-order valence-corrected chi connectivity index (χ1v) is 34.7. The van der Waals surface area contributed by atoms with Crippen LogP contribution in [0.5, 0.6) is 23.0 Å². The second-order valence-electron chi connectivity index (χ2n) is 29.0. The molecular weight excluding hydrogens is 1340 g/mol. The predicted molar refractivity (Wildman–Crippen MR) is 364 cm³/mol. The SMILES string of the molecule is COC(=O)C1Cc2ccc(cc2)OC(=O)C23CC4CC(C2)CC(C4)(C3)C(=O)Oc2ccc(cc2)CC(C(=O)OC)NC(=O)c2cccc(n2)C(=O)NC(C(=O)OC)Cc2ccc(cc2)OC(=O)C23CC4CC(CC(C4)(C2)C(=O)Oc2ccc(cc2)CC(C(=O)OC)NC(=O)c2cccc(n2)C(=O)N1)C3. The Morgan fingerprint density at radius 1 is 0.327 bits per heavy atom. The molecule has 9 heterocycles. The monoisotopic (exact) mass is 1420 g/mol. The van der Waals surface area contributed by atoms with Gasteiger partial charge in [0.2, 0.25) is 0 Å². The molecule has 540 valence electrons.